The summed E-state index contributed by atoms with van der Waals surface area (Å²) in [5.74, 6) is 0.713. The highest BCUT2D eigenvalue weighted by atomic mass is 35.5. The summed E-state index contributed by atoms with van der Waals surface area (Å²) in [6.07, 6.45) is 4.67. The number of anilines is 1. The van der Waals surface area contributed by atoms with Crippen molar-refractivity contribution in [3.63, 3.8) is 0 Å². The molecule has 0 amide bonds. The summed E-state index contributed by atoms with van der Waals surface area (Å²) < 4.78 is 26.7. The second-order valence-corrected chi connectivity index (χ2v) is 8.42. The molecular weight excluding hydrogens is 333 g/mol. The van der Waals surface area contributed by atoms with Crippen LogP contribution in [0.15, 0.2) is 12.3 Å². The first-order chi connectivity index (χ1) is 9.95. The summed E-state index contributed by atoms with van der Waals surface area (Å²) in [6.45, 7) is 1.46. The minimum Gasteiger partial charge on any atom is -0.355 e. The smallest absolute Gasteiger partial charge is 0.214 e. The van der Waals surface area contributed by atoms with E-state index in [0.29, 0.717) is 15.9 Å². The van der Waals surface area contributed by atoms with E-state index in [4.69, 9.17) is 23.2 Å². The first-order valence-corrected chi connectivity index (χ1v) is 9.33. The van der Waals surface area contributed by atoms with E-state index < -0.39 is 10.0 Å². The molecule has 0 atom stereocenters. The Bertz CT molecular complexity index is 626. The Labute approximate surface area is 134 Å². The zero-order valence-electron chi connectivity index (χ0n) is 11.4. The zero-order chi connectivity index (χ0) is 15.0. The number of sulfonamides is 1. The van der Waals surface area contributed by atoms with Crippen LogP contribution >= 0.6 is 23.2 Å². The molecule has 0 unspecified atom stereocenters. The molecule has 0 bridgehead atoms. The highest BCUT2D eigenvalue weighted by Gasteiger charge is 2.37. The number of nitrogens with zero attached hydrogens (tertiary/aromatic N) is 2. The number of halogens is 2. The number of nitrogens with one attached hydrogen (secondary N) is 1. The molecule has 1 aromatic rings. The van der Waals surface area contributed by atoms with Gasteiger partial charge in [0.25, 0.3) is 0 Å². The molecule has 1 aliphatic carbocycles. The lowest BCUT2D eigenvalue weighted by atomic mass is 10.1. The molecule has 116 valence electrons. The number of rotatable bonds is 4. The molecule has 2 fully saturated rings. The summed E-state index contributed by atoms with van der Waals surface area (Å²) in [6, 6.07) is 1.69. The summed E-state index contributed by atoms with van der Waals surface area (Å²) in [4.78, 5) is 6.33. The van der Waals surface area contributed by atoms with Gasteiger partial charge in [-0.2, -0.15) is 0 Å². The molecule has 1 aliphatic heterocycles. The molecule has 1 saturated carbocycles. The highest BCUT2D eigenvalue weighted by Crippen LogP contribution is 2.30. The number of pyridine rings is 1. The Morgan fingerprint density at radius 3 is 2.43 bits per heavy atom. The van der Waals surface area contributed by atoms with Gasteiger partial charge in [-0.05, 0) is 31.7 Å². The van der Waals surface area contributed by atoms with Crippen LogP contribution in [0.2, 0.25) is 10.0 Å². The normalized spacial score (nSPS) is 20.8. The van der Waals surface area contributed by atoms with Gasteiger partial charge in [-0.25, -0.2) is 18.1 Å². The fourth-order valence-corrected chi connectivity index (χ4v) is 4.71. The molecule has 0 spiro atoms. The van der Waals surface area contributed by atoms with Crippen molar-refractivity contribution in [2.45, 2.75) is 37.0 Å². The van der Waals surface area contributed by atoms with Gasteiger partial charge in [0, 0.05) is 25.3 Å². The second kappa shape index (κ2) is 5.91. The lowest BCUT2D eigenvalue weighted by Crippen LogP contribution is -2.45. The molecule has 1 N–H and O–H groups in total. The van der Waals surface area contributed by atoms with Crippen LogP contribution in [0.3, 0.4) is 0 Å². The minimum atomic E-state index is -3.11. The van der Waals surface area contributed by atoms with E-state index in [1.165, 1.54) is 0 Å². The maximum Gasteiger partial charge on any atom is 0.214 e. The van der Waals surface area contributed by atoms with E-state index in [-0.39, 0.29) is 11.3 Å². The maximum atomic E-state index is 11.9. The molecular formula is C13H17Cl2N3O2S. The van der Waals surface area contributed by atoms with Crippen molar-refractivity contribution < 1.29 is 8.42 Å². The van der Waals surface area contributed by atoms with E-state index in [2.05, 4.69) is 14.6 Å². The first kappa shape index (κ1) is 15.3. The van der Waals surface area contributed by atoms with Gasteiger partial charge in [0.05, 0.1) is 15.3 Å². The van der Waals surface area contributed by atoms with E-state index in [0.717, 1.165) is 38.8 Å². The summed E-state index contributed by atoms with van der Waals surface area (Å²) in [5, 5.41) is 0.873. The summed E-state index contributed by atoms with van der Waals surface area (Å²) >= 11 is 12.0. The van der Waals surface area contributed by atoms with E-state index in [1.807, 2.05) is 0 Å². The molecule has 1 aromatic heterocycles. The Morgan fingerprint density at radius 1 is 1.19 bits per heavy atom. The van der Waals surface area contributed by atoms with Crippen molar-refractivity contribution in [1.29, 1.82) is 0 Å². The van der Waals surface area contributed by atoms with Crippen LogP contribution < -0.4 is 9.62 Å². The van der Waals surface area contributed by atoms with Crippen LogP contribution in [0.5, 0.6) is 0 Å². The van der Waals surface area contributed by atoms with Gasteiger partial charge < -0.3 is 4.90 Å². The zero-order valence-corrected chi connectivity index (χ0v) is 13.8. The van der Waals surface area contributed by atoms with Crippen LogP contribution in [0.4, 0.5) is 5.82 Å². The van der Waals surface area contributed by atoms with Crippen molar-refractivity contribution in [1.82, 2.24) is 9.71 Å². The van der Waals surface area contributed by atoms with E-state index in [1.54, 1.807) is 12.3 Å². The Morgan fingerprint density at radius 2 is 1.86 bits per heavy atom. The second-order valence-electron chi connectivity index (χ2n) is 5.58. The van der Waals surface area contributed by atoms with Crippen molar-refractivity contribution in [2.75, 3.05) is 18.0 Å². The van der Waals surface area contributed by atoms with Gasteiger partial charge in [0.2, 0.25) is 10.0 Å². The monoisotopic (exact) mass is 349 g/mol. The Hall–Kier alpha value is -0.560. The van der Waals surface area contributed by atoms with Gasteiger partial charge in [0.1, 0.15) is 5.82 Å². The average molecular weight is 350 g/mol. The lowest BCUT2D eigenvalue weighted by Gasteiger charge is -2.33. The Kier molecular flexibility index (Phi) is 4.32. The van der Waals surface area contributed by atoms with Crippen LogP contribution in [0.1, 0.15) is 25.7 Å². The van der Waals surface area contributed by atoms with Crippen molar-refractivity contribution >= 4 is 39.0 Å². The van der Waals surface area contributed by atoms with Crippen LogP contribution in [0.25, 0.3) is 0 Å². The first-order valence-electron chi connectivity index (χ1n) is 7.03. The molecule has 21 heavy (non-hydrogen) atoms. The van der Waals surface area contributed by atoms with Crippen LogP contribution in [0, 0.1) is 0 Å². The summed E-state index contributed by atoms with van der Waals surface area (Å²) in [5.41, 5.74) is 0. The summed E-state index contributed by atoms with van der Waals surface area (Å²) in [7, 11) is -3.11. The third kappa shape index (κ3) is 3.62. The molecule has 0 radical (unpaired) electrons. The fraction of sp³-hybridized carbons (Fsp3) is 0.615. The third-order valence-electron chi connectivity index (χ3n) is 3.88. The number of aromatic nitrogens is 1. The predicted octanol–water partition coefficient (Wildman–Crippen LogP) is 2.44. The van der Waals surface area contributed by atoms with E-state index >= 15 is 0 Å². The number of piperidine rings is 1. The minimum absolute atomic E-state index is 0.0120. The molecule has 5 nitrogen and oxygen atoms in total. The average Bonchev–Trinajstić information content (AvgIpc) is 3.24. The van der Waals surface area contributed by atoms with Gasteiger partial charge in [-0.3, -0.25) is 0 Å². The molecule has 2 heterocycles. The van der Waals surface area contributed by atoms with Crippen molar-refractivity contribution in [3.8, 4) is 0 Å². The quantitative estimate of drug-likeness (QED) is 0.906. The largest absolute Gasteiger partial charge is 0.355 e. The van der Waals surface area contributed by atoms with Gasteiger partial charge >= 0.3 is 0 Å². The number of hydrogen-bond acceptors (Lipinski definition) is 4. The maximum absolute atomic E-state index is 11.9. The van der Waals surface area contributed by atoms with Gasteiger partial charge in [0.15, 0.2) is 0 Å². The fourth-order valence-electron chi connectivity index (χ4n) is 2.56. The van der Waals surface area contributed by atoms with Gasteiger partial charge in [-0.15, -0.1) is 0 Å². The molecule has 1 saturated heterocycles. The molecule has 8 heteroatoms. The lowest BCUT2D eigenvalue weighted by molar-refractivity contribution is 0.458. The standard InChI is InChI=1S/C13H17Cl2N3O2S/c14-9-7-12(15)13(16-8-9)18-5-3-10(4-6-18)17-21(19,20)11-1-2-11/h7-8,10-11,17H,1-6H2. The molecule has 2 aliphatic rings. The van der Waals surface area contributed by atoms with E-state index in [9.17, 15) is 8.42 Å². The topological polar surface area (TPSA) is 62.3 Å². The Balaban J connectivity index is 1.60. The predicted molar refractivity (Wildman–Crippen MR) is 84.6 cm³/mol. The highest BCUT2D eigenvalue weighted by molar-refractivity contribution is 7.90. The molecule has 0 aromatic carbocycles. The van der Waals surface area contributed by atoms with Gasteiger partial charge in [-0.1, -0.05) is 23.2 Å². The van der Waals surface area contributed by atoms with Crippen molar-refractivity contribution in [2.24, 2.45) is 0 Å². The molecule has 3 rings (SSSR count). The number of hydrogen-bond donors (Lipinski definition) is 1. The van der Waals surface area contributed by atoms with Crippen LogP contribution in [-0.2, 0) is 10.0 Å². The third-order valence-corrected chi connectivity index (χ3v) is 6.37. The SMILES string of the molecule is O=S(=O)(NC1CCN(c2ncc(Cl)cc2Cl)CC1)C1CC1. The van der Waals surface area contributed by atoms with Crippen molar-refractivity contribution in [3.05, 3.63) is 22.3 Å². The van der Waals surface area contributed by atoms with Crippen LogP contribution in [-0.4, -0.2) is 37.8 Å².